The number of quaternary nitrogens is 1. The molecule has 4 heteroatoms. The molecule has 1 aromatic heterocycles. The van der Waals surface area contributed by atoms with E-state index in [4.69, 9.17) is 4.74 Å². The van der Waals surface area contributed by atoms with Gasteiger partial charge >= 0.3 is 5.97 Å². The molecule has 0 spiro atoms. The van der Waals surface area contributed by atoms with E-state index in [-0.39, 0.29) is 12.5 Å². The van der Waals surface area contributed by atoms with E-state index in [0.29, 0.717) is 12.1 Å². The van der Waals surface area contributed by atoms with E-state index < -0.39 is 0 Å². The van der Waals surface area contributed by atoms with Gasteiger partial charge in [0.1, 0.15) is 18.6 Å². The normalized spacial score (nSPS) is 17.3. The summed E-state index contributed by atoms with van der Waals surface area (Å²) in [5.74, 6) is -0.194. The second kappa shape index (κ2) is 7.80. The molecular weight excluding hydrogens is 348 g/mol. The number of esters is 1. The molecule has 28 heavy (non-hydrogen) atoms. The van der Waals surface area contributed by atoms with Gasteiger partial charge in [0.15, 0.2) is 0 Å². The van der Waals surface area contributed by atoms with Crippen LogP contribution in [-0.2, 0) is 22.5 Å². The summed E-state index contributed by atoms with van der Waals surface area (Å²) < 4.78 is 7.21. The minimum absolute atomic E-state index is 0.194. The molecule has 0 radical (unpaired) electrons. The maximum absolute atomic E-state index is 12.2. The van der Waals surface area contributed by atoms with Crippen LogP contribution < -0.4 is 5.32 Å². The molecule has 0 amide bonds. The summed E-state index contributed by atoms with van der Waals surface area (Å²) in [7, 11) is 1.46. The molecule has 0 unspecified atom stereocenters. The van der Waals surface area contributed by atoms with Crippen LogP contribution in [0.4, 0.5) is 0 Å². The quantitative estimate of drug-likeness (QED) is 0.687. The number of hydrogen-bond donors (Lipinski definition) is 1. The summed E-state index contributed by atoms with van der Waals surface area (Å²) >= 11 is 0. The highest BCUT2D eigenvalue weighted by Crippen LogP contribution is 2.36. The number of nitrogens with zero attached hydrogens (tertiary/aromatic N) is 1. The second-order valence-electron chi connectivity index (χ2n) is 7.94. The number of rotatable bonds is 5. The Hall–Kier alpha value is -2.59. The van der Waals surface area contributed by atoms with Crippen molar-refractivity contribution in [1.82, 2.24) is 4.57 Å². The Morgan fingerprint density at radius 3 is 2.79 bits per heavy atom. The van der Waals surface area contributed by atoms with E-state index in [1.165, 1.54) is 41.3 Å². The van der Waals surface area contributed by atoms with Gasteiger partial charge in [0.2, 0.25) is 0 Å². The smallest absolute Gasteiger partial charge is 0.325 e. The van der Waals surface area contributed by atoms with Crippen molar-refractivity contribution in [2.24, 2.45) is 0 Å². The van der Waals surface area contributed by atoms with Gasteiger partial charge in [-0.05, 0) is 44.4 Å². The van der Waals surface area contributed by atoms with Crippen LogP contribution >= 0.6 is 0 Å². The van der Waals surface area contributed by atoms with E-state index >= 15 is 0 Å². The summed E-state index contributed by atoms with van der Waals surface area (Å²) in [5.41, 5.74) is 6.46. The zero-order valence-corrected chi connectivity index (χ0v) is 16.9. The Morgan fingerprint density at radius 2 is 2.04 bits per heavy atom. The first-order valence-electron chi connectivity index (χ1n) is 10.2. The van der Waals surface area contributed by atoms with Crippen molar-refractivity contribution in [2.45, 2.75) is 51.7 Å². The number of aromatic nitrogens is 1. The lowest BCUT2D eigenvalue weighted by Crippen LogP contribution is -2.86. The molecule has 3 aromatic rings. The molecule has 2 aromatic carbocycles. The molecule has 2 N–H and O–H groups in total. The number of carbonyl (C=O) groups is 1. The van der Waals surface area contributed by atoms with Crippen LogP contribution in [0, 0.1) is 6.92 Å². The third-order valence-corrected chi connectivity index (χ3v) is 6.02. The predicted octanol–water partition coefficient (Wildman–Crippen LogP) is 3.82. The van der Waals surface area contributed by atoms with Crippen molar-refractivity contribution in [3.8, 4) is 0 Å². The first-order chi connectivity index (χ1) is 13.6. The third kappa shape index (κ3) is 3.45. The molecule has 1 aliphatic rings. The van der Waals surface area contributed by atoms with Crippen LogP contribution in [0.3, 0.4) is 0 Å². The van der Waals surface area contributed by atoms with Crippen LogP contribution in [0.25, 0.3) is 10.9 Å². The lowest BCUT2D eigenvalue weighted by molar-refractivity contribution is -0.733. The number of methoxy groups -OCH3 is 1. The largest absolute Gasteiger partial charge is 0.468 e. The van der Waals surface area contributed by atoms with Crippen molar-refractivity contribution in [3.05, 3.63) is 70.9 Å². The summed E-state index contributed by atoms with van der Waals surface area (Å²) in [4.78, 5) is 12.2. The summed E-state index contributed by atoms with van der Waals surface area (Å²) in [6.07, 6.45) is 3.38. The van der Waals surface area contributed by atoms with Gasteiger partial charge in [-0.25, -0.2) is 0 Å². The Labute approximate surface area is 166 Å². The number of carbonyl (C=O) groups excluding carboxylic acids is 1. The molecule has 4 nitrogen and oxygen atoms in total. The first-order valence-corrected chi connectivity index (χ1v) is 10.2. The van der Waals surface area contributed by atoms with Gasteiger partial charge in [-0.3, -0.25) is 4.79 Å². The Bertz CT molecular complexity index is 991. The molecule has 146 valence electrons. The lowest BCUT2D eigenvalue weighted by Gasteiger charge is -2.26. The van der Waals surface area contributed by atoms with Gasteiger partial charge in [0.05, 0.1) is 12.8 Å². The molecule has 0 bridgehead atoms. The van der Waals surface area contributed by atoms with Crippen LogP contribution in [0.2, 0.25) is 0 Å². The van der Waals surface area contributed by atoms with Crippen LogP contribution in [0.1, 0.15) is 54.2 Å². The average Bonchev–Trinajstić information content (AvgIpc) is 3.02. The zero-order valence-electron chi connectivity index (χ0n) is 16.9. The first kappa shape index (κ1) is 18.8. The van der Waals surface area contributed by atoms with Crippen molar-refractivity contribution in [3.63, 3.8) is 0 Å². The number of aryl methyl sites for hydroxylation is 2. The number of fused-ring (bicyclic) bond motifs is 3. The standard InChI is InChI=1S/C24H28N2O2/c1-16-12-13-22-20(14-16)19-10-7-11-21(24(19)26(22)15-23(27)28-3)25-17(2)18-8-5-4-6-9-18/h4-6,8-9,12-14,17,21,25H,7,10-11,15H2,1-3H3/p+1/t17-,21-/m1/s1. The van der Waals surface area contributed by atoms with Crippen molar-refractivity contribution >= 4 is 16.9 Å². The van der Waals surface area contributed by atoms with Crippen LogP contribution in [0.5, 0.6) is 0 Å². The van der Waals surface area contributed by atoms with Gasteiger partial charge in [0.25, 0.3) is 0 Å². The van der Waals surface area contributed by atoms with Crippen molar-refractivity contribution in [2.75, 3.05) is 7.11 Å². The van der Waals surface area contributed by atoms with E-state index in [0.717, 1.165) is 18.4 Å². The fourth-order valence-electron chi connectivity index (χ4n) is 4.65. The van der Waals surface area contributed by atoms with Gasteiger partial charge in [-0.2, -0.15) is 0 Å². The summed E-state index contributed by atoms with van der Waals surface area (Å²) in [6.45, 7) is 4.67. The van der Waals surface area contributed by atoms with E-state index in [1.807, 2.05) is 0 Å². The fraction of sp³-hybridized carbons (Fsp3) is 0.375. The minimum Gasteiger partial charge on any atom is -0.468 e. The van der Waals surface area contributed by atoms with Gasteiger partial charge in [-0.15, -0.1) is 0 Å². The SMILES string of the molecule is COC(=O)Cn1c2c(c3cc(C)ccc31)CCC[C@H]2[NH2+][C@H](C)c1ccccc1. The molecule has 0 fully saturated rings. The average molecular weight is 378 g/mol. The summed E-state index contributed by atoms with van der Waals surface area (Å²) in [6, 6.07) is 17.9. The zero-order chi connectivity index (χ0) is 19.7. The third-order valence-electron chi connectivity index (χ3n) is 6.02. The van der Waals surface area contributed by atoms with Crippen molar-refractivity contribution < 1.29 is 14.8 Å². The second-order valence-corrected chi connectivity index (χ2v) is 7.94. The maximum Gasteiger partial charge on any atom is 0.325 e. The highest BCUT2D eigenvalue weighted by atomic mass is 16.5. The molecule has 0 saturated carbocycles. The predicted molar refractivity (Wildman–Crippen MR) is 111 cm³/mol. The molecule has 1 heterocycles. The topological polar surface area (TPSA) is 47.8 Å². The number of nitrogens with two attached hydrogens (primary N) is 1. The Balaban J connectivity index is 1.78. The summed E-state index contributed by atoms with van der Waals surface area (Å²) in [5, 5.41) is 3.76. The van der Waals surface area contributed by atoms with Crippen LogP contribution in [0.15, 0.2) is 48.5 Å². The molecule has 0 saturated heterocycles. The molecule has 4 rings (SSSR count). The van der Waals surface area contributed by atoms with E-state index in [1.54, 1.807) is 0 Å². The van der Waals surface area contributed by atoms with Gasteiger partial charge in [-0.1, -0.05) is 42.0 Å². The van der Waals surface area contributed by atoms with E-state index in [9.17, 15) is 4.79 Å². The fourth-order valence-corrected chi connectivity index (χ4v) is 4.65. The van der Waals surface area contributed by atoms with Gasteiger partial charge < -0.3 is 14.6 Å². The highest BCUT2D eigenvalue weighted by molar-refractivity contribution is 5.88. The van der Waals surface area contributed by atoms with Crippen molar-refractivity contribution in [1.29, 1.82) is 0 Å². The maximum atomic E-state index is 12.2. The van der Waals surface area contributed by atoms with Gasteiger partial charge in [0, 0.05) is 22.9 Å². The number of benzene rings is 2. The lowest BCUT2D eigenvalue weighted by atomic mass is 9.90. The monoisotopic (exact) mass is 377 g/mol. The Kier molecular flexibility index (Phi) is 5.23. The molecule has 0 aliphatic heterocycles. The van der Waals surface area contributed by atoms with E-state index in [2.05, 4.69) is 72.3 Å². The number of hydrogen-bond acceptors (Lipinski definition) is 2. The molecule has 2 atom stereocenters. The number of ether oxygens (including phenoxy) is 1. The molecular formula is C24H29N2O2+. The highest BCUT2D eigenvalue weighted by Gasteiger charge is 2.32. The Morgan fingerprint density at radius 1 is 1.25 bits per heavy atom. The minimum atomic E-state index is -0.194. The molecule has 1 aliphatic carbocycles. The van der Waals surface area contributed by atoms with Crippen LogP contribution in [-0.4, -0.2) is 17.6 Å².